The van der Waals surface area contributed by atoms with E-state index in [1.54, 1.807) is 0 Å². The molecule has 1 N–H and O–H groups in total. The molecular formula is C18H30N2. The number of likely N-dealkylation sites (tertiary alicyclic amines) is 1. The molecule has 0 spiro atoms. The van der Waals surface area contributed by atoms with Crippen LogP contribution in [0.15, 0.2) is 24.3 Å². The minimum atomic E-state index is 0.632. The van der Waals surface area contributed by atoms with Gasteiger partial charge in [-0.05, 0) is 57.4 Å². The second kappa shape index (κ2) is 7.68. The molecule has 1 heterocycles. The van der Waals surface area contributed by atoms with E-state index >= 15 is 0 Å². The molecule has 0 radical (unpaired) electrons. The summed E-state index contributed by atoms with van der Waals surface area (Å²) in [5.74, 6) is 0. The van der Waals surface area contributed by atoms with Crippen molar-refractivity contribution >= 4 is 5.69 Å². The van der Waals surface area contributed by atoms with Crippen LogP contribution in [-0.4, -0.2) is 30.6 Å². The van der Waals surface area contributed by atoms with Gasteiger partial charge in [0.25, 0.3) is 0 Å². The van der Waals surface area contributed by atoms with Crippen molar-refractivity contribution in [3.8, 4) is 0 Å². The number of anilines is 1. The minimum absolute atomic E-state index is 0.632. The molecule has 0 aliphatic carbocycles. The maximum Gasteiger partial charge on any atom is 0.0342 e. The van der Waals surface area contributed by atoms with Crippen LogP contribution in [0, 0.1) is 0 Å². The van der Waals surface area contributed by atoms with Gasteiger partial charge in [-0.3, -0.25) is 0 Å². The number of unbranched alkanes of at least 4 members (excludes halogenated alkanes) is 2. The summed E-state index contributed by atoms with van der Waals surface area (Å²) in [6, 6.07) is 10.4. The third kappa shape index (κ3) is 4.52. The van der Waals surface area contributed by atoms with E-state index in [9.17, 15) is 0 Å². The van der Waals surface area contributed by atoms with Crippen molar-refractivity contribution < 1.29 is 0 Å². The van der Waals surface area contributed by atoms with Crippen LogP contribution < -0.4 is 5.32 Å². The lowest BCUT2D eigenvalue weighted by Gasteiger charge is -2.35. The molecule has 1 aromatic rings. The average Bonchev–Trinajstić information content (AvgIpc) is 2.45. The Morgan fingerprint density at radius 1 is 1.20 bits per heavy atom. The van der Waals surface area contributed by atoms with Gasteiger partial charge in [-0.2, -0.15) is 0 Å². The standard InChI is InChI=1S/C18H30N2/c1-4-5-6-7-16-8-10-17(11-9-16)19-18-12-13-20(3)15(2)14-18/h8-11,15,18-19H,4-7,12-14H2,1-3H3. The van der Waals surface area contributed by atoms with E-state index in [2.05, 4.69) is 55.4 Å². The van der Waals surface area contributed by atoms with Crippen LogP contribution in [0.5, 0.6) is 0 Å². The Morgan fingerprint density at radius 2 is 1.95 bits per heavy atom. The first-order valence-corrected chi connectivity index (χ1v) is 8.24. The molecule has 2 heteroatoms. The SMILES string of the molecule is CCCCCc1ccc(NC2CCN(C)C(C)C2)cc1. The van der Waals surface area contributed by atoms with Gasteiger partial charge in [0.2, 0.25) is 0 Å². The van der Waals surface area contributed by atoms with E-state index in [0.29, 0.717) is 12.1 Å². The van der Waals surface area contributed by atoms with Crippen molar-refractivity contribution in [3.05, 3.63) is 29.8 Å². The molecule has 0 saturated carbocycles. The van der Waals surface area contributed by atoms with E-state index in [-0.39, 0.29) is 0 Å². The quantitative estimate of drug-likeness (QED) is 0.777. The highest BCUT2D eigenvalue weighted by Crippen LogP contribution is 2.20. The molecule has 1 aromatic carbocycles. The molecule has 1 aliphatic rings. The van der Waals surface area contributed by atoms with Crippen molar-refractivity contribution in [3.63, 3.8) is 0 Å². The van der Waals surface area contributed by atoms with E-state index < -0.39 is 0 Å². The second-order valence-electron chi connectivity index (χ2n) is 6.35. The number of benzene rings is 1. The summed E-state index contributed by atoms with van der Waals surface area (Å²) in [7, 11) is 2.23. The van der Waals surface area contributed by atoms with E-state index in [1.807, 2.05) is 0 Å². The summed E-state index contributed by atoms with van der Waals surface area (Å²) in [5.41, 5.74) is 2.76. The first-order valence-electron chi connectivity index (χ1n) is 8.24. The molecule has 0 aromatic heterocycles. The first kappa shape index (κ1) is 15.4. The van der Waals surface area contributed by atoms with Crippen molar-refractivity contribution in [1.29, 1.82) is 0 Å². The van der Waals surface area contributed by atoms with Crippen molar-refractivity contribution in [1.82, 2.24) is 4.90 Å². The lowest BCUT2D eigenvalue weighted by molar-refractivity contribution is 0.190. The highest BCUT2D eigenvalue weighted by atomic mass is 15.1. The van der Waals surface area contributed by atoms with E-state index in [0.717, 1.165) is 0 Å². The van der Waals surface area contributed by atoms with Gasteiger partial charge in [0.1, 0.15) is 0 Å². The Kier molecular flexibility index (Phi) is 5.90. The molecular weight excluding hydrogens is 244 g/mol. The molecule has 1 aliphatic heterocycles. The van der Waals surface area contributed by atoms with Crippen LogP contribution in [-0.2, 0) is 6.42 Å². The molecule has 1 saturated heterocycles. The molecule has 112 valence electrons. The van der Waals surface area contributed by atoms with Crippen LogP contribution in [0.4, 0.5) is 5.69 Å². The Morgan fingerprint density at radius 3 is 2.60 bits per heavy atom. The molecule has 2 rings (SSSR count). The fraction of sp³-hybridized carbons (Fsp3) is 0.667. The third-order valence-electron chi connectivity index (χ3n) is 4.60. The zero-order valence-corrected chi connectivity index (χ0v) is 13.4. The van der Waals surface area contributed by atoms with Crippen molar-refractivity contribution in [2.45, 2.75) is 64.5 Å². The van der Waals surface area contributed by atoms with Crippen LogP contribution in [0.25, 0.3) is 0 Å². The summed E-state index contributed by atoms with van der Waals surface area (Å²) in [6.45, 7) is 5.79. The Bertz CT molecular complexity index is 385. The fourth-order valence-electron chi connectivity index (χ4n) is 3.00. The fourth-order valence-corrected chi connectivity index (χ4v) is 3.00. The molecule has 0 amide bonds. The van der Waals surface area contributed by atoms with Crippen LogP contribution in [0.1, 0.15) is 51.5 Å². The van der Waals surface area contributed by atoms with Crippen LogP contribution in [0.2, 0.25) is 0 Å². The number of aryl methyl sites for hydroxylation is 1. The number of hydrogen-bond donors (Lipinski definition) is 1. The number of piperidine rings is 1. The lowest BCUT2D eigenvalue weighted by Crippen LogP contribution is -2.42. The molecule has 2 nitrogen and oxygen atoms in total. The van der Waals surface area contributed by atoms with Gasteiger partial charge in [-0.25, -0.2) is 0 Å². The molecule has 2 atom stereocenters. The van der Waals surface area contributed by atoms with Crippen LogP contribution in [0.3, 0.4) is 0 Å². The van der Waals surface area contributed by atoms with E-state index in [4.69, 9.17) is 0 Å². The number of nitrogens with one attached hydrogen (secondary N) is 1. The predicted molar refractivity (Wildman–Crippen MR) is 88.4 cm³/mol. The largest absolute Gasteiger partial charge is 0.382 e. The average molecular weight is 274 g/mol. The minimum Gasteiger partial charge on any atom is -0.382 e. The summed E-state index contributed by atoms with van der Waals surface area (Å²) in [4.78, 5) is 2.45. The van der Waals surface area contributed by atoms with Gasteiger partial charge in [0.15, 0.2) is 0 Å². The Hall–Kier alpha value is -1.02. The van der Waals surface area contributed by atoms with E-state index in [1.165, 1.54) is 56.3 Å². The van der Waals surface area contributed by atoms with Crippen molar-refractivity contribution in [2.75, 3.05) is 18.9 Å². The number of rotatable bonds is 6. The topological polar surface area (TPSA) is 15.3 Å². The summed E-state index contributed by atoms with van der Waals surface area (Å²) in [5, 5.41) is 3.70. The molecule has 2 unspecified atom stereocenters. The zero-order chi connectivity index (χ0) is 14.4. The molecule has 1 fully saturated rings. The summed E-state index contributed by atoms with van der Waals surface area (Å²) in [6.07, 6.45) is 7.67. The van der Waals surface area contributed by atoms with Gasteiger partial charge in [0, 0.05) is 24.3 Å². The highest BCUT2D eigenvalue weighted by Gasteiger charge is 2.22. The Labute approximate surface area is 124 Å². The normalized spacial score (nSPS) is 23.8. The number of hydrogen-bond acceptors (Lipinski definition) is 2. The predicted octanol–water partition coefficient (Wildman–Crippen LogP) is 4.31. The Balaban J connectivity index is 1.81. The maximum atomic E-state index is 3.70. The van der Waals surface area contributed by atoms with Gasteiger partial charge in [-0.1, -0.05) is 31.9 Å². The lowest BCUT2D eigenvalue weighted by atomic mass is 9.98. The number of nitrogens with zero attached hydrogens (tertiary/aromatic N) is 1. The molecule has 20 heavy (non-hydrogen) atoms. The smallest absolute Gasteiger partial charge is 0.0342 e. The zero-order valence-electron chi connectivity index (χ0n) is 13.4. The molecule has 0 bridgehead atoms. The highest BCUT2D eigenvalue weighted by molar-refractivity contribution is 5.45. The van der Waals surface area contributed by atoms with Crippen molar-refractivity contribution in [2.24, 2.45) is 0 Å². The monoisotopic (exact) mass is 274 g/mol. The maximum absolute atomic E-state index is 3.70. The summed E-state index contributed by atoms with van der Waals surface area (Å²) >= 11 is 0. The summed E-state index contributed by atoms with van der Waals surface area (Å²) < 4.78 is 0. The van der Waals surface area contributed by atoms with Gasteiger partial charge in [-0.15, -0.1) is 0 Å². The van der Waals surface area contributed by atoms with Gasteiger partial charge in [0.05, 0.1) is 0 Å². The second-order valence-corrected chi connectivity index (χ2v) is 6.35. The third-order valence-corrected chi connectivity index (χ3v) is 4.60. The first-order chi connectivity index (χ1) is 9.69. The van der Waals surface area contributed by atoms with Gasteiger partial charge < -0.3 is 10.2 Å². The van der Waals surface area contributed by atoms with Gasteiger partial charge >= 0.3 is 0 Å². The van der Waals surface area contributed by atoms with Crippen LogP contribution >= 0.6 is 0 Å².